The summed E-state index contributed by atoms with van der Waals surface area (Å²) in [7, 11) is 0. The standard InChI is InChI=1S/C15H18ClNOS/c1-3-7-18-14-5-4-12(9-13(14)16)17-10-15-11(2)6-8-19-15/h4-6,8-9,17H,3,7,10H2,1-2H3. The molecule has 1 aromatic carbocycles. The van der Waals surface area contributed by atoms with Gasteiger partial charge in [0.1, 0.15) is 5.75 Å². The molecule has 2 rings (SSSR count). The minimum atomic E-state index is 0.654. The van der Waals surface area contributed by atoms with E-state index in [9.17, 15) is 0 Å². The predicted molar refractivity (Wildman–Crippen MR) is 83.6 cm³/mol. The second-order valence-corrected chi connectivity index (χ2v) is 5.78. The van der Waals surface area contributed by atoms with Crippen molar-refractivity contribution >= 4 is 28.6 Å². The van der Waals surface area contributed by atoms with Gasteiger partial charge in [0.15, 0.2) is 0 Å². The average Bonchev–Trinajstić information content (AvgIpc) is 2.81. The van der Waals surface area contributed by atoms with Crippen LogP contribution in [0.25, 0.3) is 0 Å². The zero-order valence-corrected chi connectivity index (χ0v) is 12.8. The number of hydrogen-bond acceptors (Lipinski definition) is 3. The summed E-state index contributed by atoms with van der Waals surface area (Å²) in [4.78, 5) is 1.35. The van der Waals surface area contributed by atoms with Crippen LogP contribution >= 0.6 is 22.9 Å². The Morgan fingerprint density at radius 2 is 2.16 bits per heavy atom. The fourth-order valence-corrected chi connectivity index (χ4v) is 2.79. The molecule has 0 saturated heterocycles. The zero-order chi connectivity index (χ0) is 13.7. The first-order chi connectivity index (χ1) is 9.20. The molecule has 2 nitrogen and oxygen atoms in total. The highest BCUT2D eigenvalue weighted by Crippen LogP contribution is 2.28. The normalized spacial score (nSPS) is 10.5. The molecule has 102 valence electrons. The van der Waals surface area contributed by atoms with Gasteiger partial charge in [-0.2, -0.15) is 0 Å². The molecule has 0 bridgehead atoms. The molecule has 19 heavy (non-hydrogen) atoms. The molecule has 0 spiro atoms. The molecular weight excluding hydrogens is 278 g/mol. The van der Waals surface area contributed by atoms with Crippen LogP contribution in [-0.4, -0.2) is 6.61 Å². The summed E-state index contributed by atoms with van der Waals surface area (Å²) in [5.74, 6) is 0.751. The Morgan fingerprint density at radius 3 is 2.79 bits per heavy atom. The van der Waals surface area contributed by atoms with Gasteiger partial charge in [-0.15, -0.1) is 11.3 Å². The lowest BCUT2D eigenvalue weighted by molar-refractivity contribution is 0.317. The Kier molecular flexibility index (Phi) is 5.11. The summed E-state index contributed by atoms with van der Waals surface area (Å²) in [6.07, 6.45) is 0.980. The lowest BCUT2D eigenvalue weighted by atomic mass is 10.2. The zero-order valence-electron chi connectivity index (χ0n) is 11.2. The Balaban J connectivity index is 1.98. The largest absolute Gasteiger partial charge is 0.492 e. The van der Waals surface area contributed by atoms with Crippen LogP contribution in [0.4, 0.5) is 5.69 Å². The van der Waals surface area contributed by atoms with Crippen molar-refractivity contribution in [2.24, 2.45) is 0 Å². The van der Waals surface area contributed by atoms with Crippen LogP contribution < -0.4 is 10.1 Å². The highest BCUT2D eigenvalue weighted by atomic mass is 35.5. The molecule has 1 N–H and O–H groups in total. The number of ether oxygens (including phenoxy) is 1. The maximum absolute atomic E-state index is 6.19. The molecule has 1 aromatic heterocycles. The number of thiophene rings is 1. The smallest absolute Gasteiger partial charge is 0.138 e. The predicted octanol–water partition coefficient (Wildman–Crippen LogP) is 5.11. The van der Waals surface area contributed by atoms with Crippen LogP contribution in [0.2, 0.25) is 5.02 Å². The van der Waals surface area contributed by atoms with Crippen LogP contribution in [-0.2, 0) is 6.54 Å². The number of nitrogens with one attached hydrogen (secondary N) is 1. The van der Waals surface area contributed by atoms with E-state index in [4.69, 9.17) is 16.3 Å². The fourth-order valence-electron chi connectivity index (χ4n) is 1.71. The molecule has 0 fully saturated rings. The van der Waals surface area contributed by atoms with Gasteiger partial charge in [0.25, 0.3) is 0 Å². The topological polar surface area (TPSA) is 21.3 Å². The highest BCUT2D eigenvalue weighted by Gasteiger charge is 2.04. The van der Waals surface area contributed by atoms with E-state index in [0.29, 0.717) is 11.6 Å². The molecule has 4 heteroatoms. The molecule has 1 heterocycles. The molecule has 0 aliphatic heterocycles. The molecular formula is C15H18ClNOS. The van der Waals surface area contributed by atoms with E-state index >= 15 is 0 Å². The third-order valence-corrected chi connectivity index (χ3v) is 4.13. The van der Waals surface area contributed by atoms with Crippen molar-refractivity contribution in [3.05, 3.63) is 45.1 Å². The number of rotatable bonds is 6. The van der Waals surface area contributed by atoms with Crippen LogP contribution in [0.3, 0.4) is 0 Å². The van der Waals surface area contributed by atoms with Crippen molar-refractivity contribution < 1.29 is 4.74 Å². The van der Waals surface area contributed by atoms with E-state index in [2.05, 4.69) is 30.6 Å². The maximum Gasteiger partial charge on any atom is 0.138 e. The van der Waals surface area contributed by atoms with Gasteiger partial charge in [-0.25, -0.2) is 0 Å². The summed E-state index contributed by atoms with van der Waals surface area (Å²) < 4.78 is 5.55. The van der Waals surface area contributed by atoms with Gasteiger partial charge >= 0.3 is 0 Å². The van der Waals surface area contributed by atoms with Crippen molar-refractivity contribution in [2.45, 2.75) is 26.8 Å². The van der Waals surface area contributed by atoms with Gasteiger partial charge in [-0.3, -0.25) is 0 Å². The molecule has 0 saturated carbocycles. The Labute approximate surface area is 123 Å². The van der Waals surface area contributed by atoms with Gasteiger partial charge in [0.05, 0.1) is 11.6 Å². The lowest BCUT2D eigenvalue weighted by Gasteiger charge is -2.10. The summed E-state index contributed by atoms with van der Waals surface area (Å²) in [5.41, 5.74) is 2.34. The van der Waals surface area contributed by atoms with Gasteiger partial charge in [-0.05, 0) is 48.6 Å². The van der Waals surface area contributed by atoms with Gasteiger partial charge < -0.3 is 10.1 Å². The monoisotopic (exact) mass is 295 g/mol. The number of aryl methyl sites for hydroxylation is 1. The number of anilines is 1. The van der Waals surface area contributed by atoms with E-state index in [1.54, 1.807) is 11.3 Å². The molecule has 2 aromatic rings. The number of benzene rings is 1. The van der Waals surface area contributed by atoms with E-state index in [-0.39, 0.29) is 0 Å². The second kappa shape index (κ2) is 6.83. The minimum absolute atomic E-state index is 0.654. The Bertz CT molecular complexity index is 539. The first kappa shape index (κ1) is 14.2. The Hall–Kier alpha value is -1.19. The van der Waals surface area contributed by atoms with Crippen molar-refractivity contribution in [3.8, 4) is 5.75 Å². The molecule has 0 unspecified atom stereocenters. The fraction of sp³-hybridized carbons (Fsp3) is 0.333. The molecule has 0 aliphatic rings. The van der Waals surface area contributed by atoms with Crippen LogP contribution in [0.5, 0.6) is 5.75 Å². The SMILES string of the molecule is CCCOc1ccc(NCc2sccc2C)cc1Cl. The third kappa shape index (κ3) is 3.88. The maximum atomic E-state index is 6.19. The van der Waals surface area contributed by atoms with Gasteiger partial charge in [-0.1, -0.05) is 18.5 Å². The number of halogens is 1. The minimum Gasteiger partial charge on any atom is -0.492 e. The van der Waals surface area contributed by atoms with Crippen molar-refractivity contribution in [3.63, 3.8) is 0 Å². The first-order valence-electron chi connectivity index (χ1n) is 6.40. The third-order valence-electron chi connectivity index (χ3n) is 2.81. The lowest BCUT2D eigenvalue weighted by Crippen LogP contribution is -2.00. The van der Waals surface area contributed by atoms with Crippen molar-refractivity contribution in [1.82, 2.24) is 0 Å². The first-order valence-corrected chi connectivity index (χ1v) is 7.65. The summed E-state index contributed by atoms with van der Waals surface area (Å²) in [6, 6.07) is 7.97. The summed E-state index contributed by atoms with van der Waals surface area (Å²) in [5, 5.41) is 6.15. The molecule has 0 atom stereocenters. The summed E-state index contributed by atoms with van der Waals surface area (Å²) in [6.45, 7) is 5.73. The van der Waals surface area contributed by atoms with E-state index in [1.165, 1.54) is 10.4 Å². The average molecular weight is 296 g/mol. The van der Waals surface area contributed by atoms with Crippen LogP contribution in [0, 0.1) is 6.92 Å². The summed E-state index contributed by atoms with van der Waals surface area (Å²) >= 11 is 7.96. The Morgan fingerprint density at radius 1 is 1.32 bits per heavy atom. The van der Waals surface area contributed by atoms with Crippen molar-refractivity contribution in [1.29, 1.82) is 0 Å². The molecule has 0 radical (unpaired) electrons. The van der Waals surface area contributed by atoms with Gasteiger partial charge in [0, 0.05) is 17.1 Å². The van der Waals surface area contributed by atoms with Crippen LogP contribution in [0.15, 0.2) is 29.6 Å². The highest BCUT2D eigenvalue weighted by molar-refractivity contribution is 7.10. The van der Waals surface area contributed by atoms with Gasteiger partial charge in [0.2, 0.25) is 0 Å². The van der Waals surface area contributed by atoms with E-state index in [1.807, 2.05) is 18.2 Å². The molecule has 0 aliphatic carbocycles. The number of hydrogen-bond donors (Lipinski definition) is 1. The van der Waals surface area contributed by atoms with E-state index in [0.717, 1.165) is 24.4 Å². The van der Waals surface area contributed by atoms with Crippen LogP contribution in [0.1, 0.15) is 23.8 Å². The molecule has 0 amide bonds. The quantitative estimate of drug-likeness (QED) is 0.799. The second-order valence-electron chi connectivity index (χ2n) is 4.37. The van der Waals surface area contributed by atoms with Crippen molar-refractivity contribution in [2.75, 3.05) is 11.9 Å². The van der Waals surface area contributed by atoms with E-state index < -0.39 is 0 Å².